The van der Waals surface area contributed by atoms with Gasteiger partial charge >= 0.3 is 0 Å². The Morgan fingerprint density at radius 1 is 1.00 bits per heavy atom. The standard InChI is InChI=1S/C22H16N8O/c23-20-19(28-30-29-20)22(31)27-18-12-5-2-1-4-11(12)17-13(18)6-3-7-14(17)21-25-15-8-9-24-10-16(15)26-21/h1-10,18H,(H,25,26)(H,27,31)(H3,23,28,29,30)/t18-/m1/s1. The van der Waals surface area contributed by atoms with Crippen LogP contribution in [0.3, 0.4) is 0 Å². The monoisotopic (exact) mass is 408 g/mol. The minimum Gasteiger partial charge on any atom is -0.380 e. The maximum atomic E-state index is 12.8. The first-order valence-corrected chi connectivity index (χ1v) is 9.70. The third kappa shape index (κ3) is 2.60. The number of carbonyl (C=O) groups excluding carboxylic acids is 1. The molecule has 31 heavy (non-hydrogen) atoms. The molecular weight excluding hydrogens is 392 g/mol. The molecule has 3 heterocycles. The summed E-state index contributed by atoms with van der Waals surface area (Å²) < 4.78 is 0. The normalized spacial score (nSPS) is 14.4. The molecule has 0 radical (unpaired) electrons. The molecular formula is C22H16N8O. The molecule has 5 N–H and O–H groups in total. The third-order valence-corrected chi connectivity index (χ3v) is 5.55. The first-order chi connectivity index (χ1) is 15.2. The van der Waals surface area contributed by atoms with E-state index in [0.29, 0.717) is 0 Å². The van der Waals surface area contributed by atoms with E-state index < -0.39 is 0 Å². The first kappa shape index (κ1) is 17.3. The van der Waals surface area contributed by atoms with Crippen LogP contribution in [0.15, 0.2) is 60.9 Å². The Morgan fingerprint density at radius 2 is 1.84 bits per heavy atom. The number of nitrogens with two attached hydrogens (primary N) is 1. The summed E-state index contributed by atoms with van der Waals surface area (Å²) in [7, 11) is 0. The lowest BCUT2D eigenvalue weighted by atomic mass is 9.99. The van der Waals surface area contributed by atoms with Gasteiger partial charge in [0.25, 0.3) is 5.91 Å². The number of rotatable bonds is 3. The fourth-order valence-electron chi connectivity index (χ4n) is 4.20. The molecule has 9 nitrogen and oxygen atoms in total. The molecule has 2 aromatic carbocycles. The van der Waals surface area contributed by atoms with Gasteiger partial charge in [-0.15, -0.1) is 10.2 Å². The predicted octanol–water partition coefficient (Wildman–Crippen LogP) is 2.83. The number of aromatic nitrogens is 6. The summed E-state index contributed by atoms with van der Waals surface area (Å²) in [5.41, 5.74) is 12.6. The van der Waals surface area contributed by atoms with Crippen LogP contribution in [0.2, 0.25) is 0 Å². The van der Waals surface area contributed by atoms with Gasteiger partial charge in [0, 0.05) is 11.8 Å². The highest BCUT2D eigenvalue weighted by Crippen LogP contribution is 2.47. The molecule has 1 aliphatic carbocycles. The lowest BCUT2D eigenvalue weighted by Crippen LogP contribution is -2.29. The van der Waals surface area contributed by atoms with Gasteiger partial charge in [-0.25, -0.2) is 4.98 Å². The number of hydrogen-bond donors (Lipinski definition) is 4. The minimum atomic E-state index is -0.390. The quantitative estimate of drug-likeness (QED) is 0.362. The zero-order valence-electron chi connectivity index (χ0n) is 16.1. The van der Waals surface area contributed by atoms with E-state index in [2.05, 4.69) is 36.8 Å². The summed E-state index contributed by atoms with van der Waals surface area (Å²) in [6.07, 6.45) is 3.48. The molecule has 1 aliphatic rings. The molecule has 150 valence electrons. The van der Waals surface area contributed by atoms with E-state index in [1.54, 1.807) is 12.4 Å². The van der Waals surface area contributed by atoms with Crippen LogP contribution in [0.5, 0.6) is 0 Å². The van der Waals surface area contributed by atoms with Crippen LogP contribution in [0.4, 0.5) is 5.82 Å². The van der Waals surface area contributed by atoms with E-state index in [9.17, 15) is 4.79 Å². The zero-order chi connectivity index (χ0) is 20.9. The maximum absolute atomic E-state index is 12.8. The second-order valence-electron chi connectivity index (χ2n) is 7.30. The number of anilines is 1. The number of carbonyl (C=O) groups is 1. The molecule has 3 aromatic heterocycles. The van der Waals surface area contributed by atoms with Gasteiger partial charge in [-0.1, -0.05) is 42.5 Å². The number of H-pyrrole nitrogens is 2. The van der Waals surface area contributed by atoms with Gasteiger partial charge in [0.15, 0.2) is 11.5 Å². The maximum Gasteiger partial charge on any atom is 0.276 e. The number of nitrogens with one attached hydrogen (secondary N) is 3. The van der Waals surface area contributed by atoms with E-state index in [1.165, 1.54) is 0 Å². The number of nitrogens with zero attached hydrogens (tertiary/aromatic N) is 4. The van der Waals surface area contributed by atoms with Crippen molar-refractivity contribution in [2.75, 3.05) is 5.73 Å². The number of hydrogen-bond acceptors (Lipinski definition) is 6. The van der Waals surface area contributed by atoms with Crippen molar-refractivity contribution >= 4 is 22.8 Å². The van der Waals surface area contributed by atoms with Gasteiger partial charge in [-0.3, -0.25) is 9.78 Å². The van der Waals surface area contributed by atoms with Crippen molar-refractivity contribution in [2.24, 2.45) is 0 Å². The van der Waals surface area contributed by atoms with E-state index in [4.69, 9.17) is 10.7 Å². The summed E-state index contributed by atoms with van der Waals surface area (Å²) >= 11 is 0. The van der Waals surface area contributed by atoms with Gasteiger partial charge in [0.2, 0.25) is 0 Å². The van der Waals surface area contributed by atoms with Crippen LogP contribution in [-0.2, 0) is 0 Å². The average Bonchev–Trinajstić information content (AvgIpc) is 3.50. The molecule has 1 atom stereocenters. The van der Waals surface area contributed by atoms with Crippen LogP contribution in [-0.4, -0.2) is 36.3 Å². The number of aromatic amines is 2. The molecule has 1 amide bonds. The van der Waals surface area contributed by atoms with Crippen molar-refractivity contribution in [1.82, 2.24) is 35.7 Å². The number of amides is 1. The fourth-order valence-corrected chi connectivity index (χ4v) is 4.20. The SMILES string of the molecule is Nc1n[nH]nc1C(=O)N[C@@H]1c2ccccc2-c2c(-c3nc4ccncc4[nH]3)cccc21. The Labute approximate surface area is 175 Å². The topological polar surface area (TPSA) is 138 Å². The van der Waals surface area contributed by atoms with E-state index in [-0.39, 0.29) is 23.5 Å². The van der Waals surface area contributed by atoms with Crippen LogP contribution in [0.1, 0.15) is 27.7 Å². The molecule has 9 heteroatoms. The molecule has 0 saturated carbocycles. The first-order valence-electron chi connectivity index (χ1n) is 9.70. The predicted molar refractivity (Wildman–Crippen MR) is 115 cm³/mol. The Hall–Kier alpha value is -4.53. The Morgan fingerprint density at radius 3 is 2.68 bits per heavy atom. The highest BCUT2D eigenvalue weighted by molar-refractivity contribution is 5.98. The summed E-state index contributed by atoms with van der Waals surface area (Å²) in [6, 6.07) is 15.5. The molecule has 0 unspecified atom stereocenters. The average molecular weight is 408 g/mol. The number of fused-ring (bicyclic) bond motifs is 4. The fraction of sp³-hybridized carbons (Fsp3) is 0.0455. The Kier molecular flexibility index (Phi) is 3.63. The van der Waals surface area contributed by atoms with Gasteiger partial charge < -0.3 is 16.0 Å². The molecule has 0 aliphatic heterocycles. The molecule has 0 fully saturated rings. The summed E-state index contributed by atoms with van der Waals surface area (Å²) in [6.45, 7) is 0. The Bertz CT molecular complexity index is 1430. The molecule has 0 bridgehead atoms. The highest BCUT2D eigenvalue weighted by atomic mass is 16.2. The zero-order valence-corrected chi connectivity index (χ0v) is 16.1. The van der Waals surface area contributed by atoms with Crippen molar-refractivity contribution in [1.29, 1.82) is 0 Å². The molecule has 0 saturated heterocycles. The number of benzene rings is 2. The highest BCUT2D eigenvalue weighted by Gasteiger charge is 2.33. The lowest BCUT2D eigenvalue weighted by Gasteiger charge is -2.15. The Balaban J connectivity index is 1.50. The minimum absolute atomic E-state index is 0.0636. The van der Waals surface area contributed by atoms with Gasteiger partial charge in [-0.2, -0.15) is 5.21 Å². The molecule has 6 rings (SSSR count). The van der Waals surface area contributed by atoms with Crippen molar-refractivity contribution in [3.8, 4) is 22.5 Å². The largest absolute Gasteiger partial charge is 0.380 e. The third-order valence-electron chi connectivity index (χ3n) is 5.55. The van der Waals surface area contributed by atoms with Crippen molar-refractivity contribution in [3.63, 3.8) is 0 Å². The lowest BCUT2D eigenvalue weighted by molar-refractivity contribution is 0.0939. The number of nitrogen functional groups attached to an aromatic ring is 1. The van der Waals surface area contributed by atoms with Crippen molar-refractivity contribution in [3.05, 3.63) is 77.7 Å². The smallest absolute Gasteiger partial charge is 0.276 e. The van der Waals surface area contributed by atoms with Crippen molar-refractivity contribution < 1.29 is 4.79 Å². The van der Waals surface area contributed by atoms with Crippen LogP contribution >= 0.6 is 0 Å². The summed E-state index contributed by atoms with van der Waals surface area (Å²) in [4.78, 5) is 25.1. The van der Waals surface area contributed by atoms with Crippen LogP contribution in [0, 0.1) is 0 Å². The van der Waals surface area contributed by atoms with Crippen molar-refractivity contribution in [2.45, 2.75) is 6.04 Å². The van der Waals surface area contributed by atoms with Crippen LogP contribution < -0.4 is 11.1 Å². The van der Waals surface area contributed by atoms with E-state index in [0.717, 1.165) is 44.7 Å². The number of pyridine rings is 1. The molecule has 5 aromatic rings. The van der Waals surface area contributed by atoms with Gasteiger partial charge in [0.05, 0.1) is 23.3 Å². The van der Waals surface area contributed by atoms with E-state index in [1.807, 2.05) is 42.5 Å². The summed E-state index contributed by atoms with van der Waals surface area (Å²) in [5.74, 6) is 0.426. The van der Waals surface area contributed by atoms with Gasteiger partial charge in [0.1, 0.15) is 5.82 Å². The number of imidazole rings is 1. The van der Waals surface area contributed by atoms with Gasteiger partial charge in [-0.05, 0) is 28.3 Å². The summed E-state index contributed by atoms with van der Waals surface area (Å²) in [5, 5.41) is 13.0. The van der Waals surface area contributed by atoms with E-state index >= 15 is 0 Å². The second-order valence-corrected chi connectivity index (χ2v) is 7.30. The molecule has 0 spiro atoms. The van der Waals surface area contributed by atoms with Crippen LogP contribution in [0.25, 0.3) is 33.5 Å². The second kappa shape index (κ2) is 6.49.